The number of benzene rings is 1. The summed E-state index contributed by atoms with van der Waals surface area (Å²) in [5, 5.41) is 4.22. The molecule has 1 aliphatic heterocycles. The molecule has 1 aliphatic rings. The van der Waals surface area contributed by atoms with Crippen molar-refractivity contribution in [3.8, 4) is 0 Å². The van der Waals surface area contributed by atoms with Crippen molar-refractivity contribution in [1.29, 1.82) is 0 Å². The third-order valence-corrected chi connectivity index (χ3v) is 3.29. The van der Waals surface area contributed by atoms with Crippen molar-refractivity contribution >= 4 is 33.2 Å². The Morgan fingerprint density at radius 1 is 1.32 bits per heavy atom. The van der Waals surface area contributed by atoms with Gasteiger partial charge in [0.1, 0.15) is 0 Å². The summed E-state index contributed by atoms with van der Waals surface area (Å²) in [7, 11) is 0. The summed E-state index contributed by atoms with van der Waals surface area (Å²) in [6.45, 7) is 4.17. The van der Waals surface area contributed by atoms with Crippen molar-refractivity contribution in [3.63, 3.8) is 0 Å². The molecule has 0 saturated carbocycles. The average Bonchev–Trinajstić information content (AvgIpc) is 2.42. The van der Waals surface area contributed by atoms with Crippen LogP contribution in [0.15, 0.2) is 33.8 Å². The Morgan fingerprint density at radius 2 is 1.95 bits per heavy atom. The molecule has 0 atom stereocenters. The highest BCUT2D eigenvalue weighted by atomic mass is 79.9. The summed E-state index contributed by atoms with van der Waals surface area (Å²) in [5.41, 5.74) is 3.76. The highest BCUT2D eigenvalue weighted by Crippen LogP contribution is 2.14. The lowest BCUT2D eigenvalue weighted by atomic mass is 10.3. The normalized spacial score (nSPS) is 16.3. The van der Waals surface area contributed by atoms with Gasteiger partial charge in [-0.25, -0.2) is 0 Å². The molecule has 19 heavy (non-hydrogen) atoms. The molecular formula is C13H16BrN3O2. The summed E-state index contributed by atoms with van der Waals surface area (Å²) in [6, 6.07) is 7.62. The number of ketones is 1. The Labute approximate surface area is 120 Å². The van der Waals surface area contributed by atoms with Gasteiger partial charge in [-0.15, -0.1) is 0 Å². The van der Waals surface area contributed by atoms with E-state index in [4.69, 9.17) is 4.74 Å². The van der Waals surface area contributed by atoms with Gasteiger partial charge >= 0.3 is 0 Å². The van der Waals surface area contributed by atoms with Gasteiger partial charge in [-0.1, -0.05) is 15.9 Å². The smallest absolute Gasteiger partial charge is 0.196 e. The molecule has 1 N–H and O–H groups in total. The number of hydrogen-bond acceptors (Lipinski definition) is 4. The number of anilines is 1. The van der Waals surface area contributed by atoms with Crippen molar-refractivity contribution in [1.82, 2.24) is 4.90 Å². The molecule has 0 bridgehead atoms. The van der Waals surface area contributed by atoms with E-state index in [2.05, 4.69) is 26.5 Å². The lowest BCUT2D eigenvalue weighted by Crippen LogP contribution is -2.44. The maximum Gasteiger partial charge on any atom is 0.196 e. The van der Waals surface area contributed by atoms with Gasteiger partial charge in [0.25, 0.3) is 0 Å². The summed E-state index contributed by atoms with van der Waals surface area (Å²) in [6.07, 6.45) is 0. The molecule has 6 heteroatoms. The molecule has 0 aliphatic carbocycles. The Kier molecular flexibility index (Phi) is 4.93. The number of Topliss-reactive ketones (excluding diaryl/α,β-unsaturated/α-hetero) is 1. The molecule has 1 saturated heterocycles. The highest BCUT2D eigenvalue weighted by Gasteiger charge is 2.18. The molecule has 1 heterocycles. The second kappa shape index (κ2) is 6.68. The number of nitrogens with zero attached hydrogens (tertiary/aromatic N) is 2. The van der Waals surface area contributed by atoms with E-state index >= 15 is 0 Å². The first kappa shape index (κ1) is 14.0. The maximum absolute atomic E-state index is 11.7. The van der Waals surface area contributed by atoms with Gasteiger partial charge in [0, 0.05) is 24.5 Å². The van der Waals surface area contributed by atoms with E-state index in [1.807, 2.05) is 29.2 Å². The monoisotopic (exact) mass is 325 g/mol. The lowest BCUT2D eigenvalue weighted by Gasteiger charge is -2.28. The molecule has 5 nitrogen and oxygen atoms in total. The molecule has 0 amide bonds. The van der Waals surface area contributed by atoms with Crippen LogP contribution in [-0.4, -0.2) is 42.8 Å². The van der Waals surface area contributed by atoms with Gasteiger partial charge < -0.3 is 9.64 Å². The van der Waals surface area contributed by atoms with E-state index in [-0.39, 0.29) is 5.78 Å². The molecular weight excluding hydrogens is 310 g/mol. The number of rotatable bonds is 3. The van der Waals surface area contributed by atoms with Gasteiger partial charge in [-0.3, -0.25) is 10.2 Å². The number of halogens is 1. The average molecular weight is 326 g/mol. The SMILES string of the molecule is CC(=O)C(=NNc1ccc(Br)cc1)N1CCOCC1. The third kappa shape index (κ3) is 4.04. The number of hydrazone groups is 1. The summed E-state index contributed by atoms with van der Waals surface area (Å²) in [5.74, 6) is 0.401. The zero-order valence-electron chi connectivity index (χ0n) is 10.7. The van der Waals surface area contributed by atoms with E-state index in [0.717, 1.165) is 10.2 Å². The van der Waals surface area contributed by atoms with E-state index in [9.17, 15) is 4.79 Å². The van der Waals surface area contributed by atoms with Crippen LogP contribution in [0.3, 0.4) is 0 Å². The Hall–Kier alpha value is -1.40. The molecule has 102 valence electrons. The number of morpholine rings is 1. The minimum atomic E-state index is -0.0495. The first-order valence-corrected chi connectivity index (χ1v) is 6.89. The van der Waals surface area contributed by atoms with E-state index < -0.39 is 0 Å². The largest absolute Gasteiger partial charge is 0.378 e. The van der Waals surface area contributed by atoms with Crippen molar-refractivity contribution in [3.05, 3.63) is 28.7 Å². The number of amidine groups is 1. The topological polar surface area (TPSA) is 53.9 Å². The van der Waals surface area contributed by atoms with Gasteiger partial charge in [-0.05, 0) is 24.3 Å². The quantitative estimate of drug-likeness (QED) is 0.525. The molecule has 0 unspecified atom stereocenters. The van der Waals surface area contributed by atoms with Gasteiger partial charge in [-0.2, -0.15) is 5.10 Å². The van der Waals surface area contributed by atoms with Gasteiger partial charge in [0.2, 0.25) is 0 Å². The highest BCUT2D eigenvalue weighted by molar-refractivity contribution is 9.10. The summed E-state index contributed by atoms with van der Waals surface area (Å²) >= 11 is 3.37. The molecule has 1 aromatic rings. The number of nitrogens with one attached hydrogen (secondary N) is 1. The molecule has 0 radical (unpaired) electrons. The summed E-state index contributed by atoms with van der Waals surface area (Å²) < 4.78 is 6.27. The molecule has 1 aromatic carbocycles. The van der Waals surface area contributed by atoms with Crippen LogP contribution < -0.4 is 5.43 Å². The van der Waals surface area contributed by atoms with Crippen LogP contribution in [0.5, 0.6) is 0 Å². The molecule has 1 fully saturated rings. The zero-order chi connectivity index (χ0) is 13.7. The third-order valence-electron chi connectivity index (χ3n) is 2.76. The maximum atomic E-state index is 11.7. The van der Waals surface area contributed by atoms with Crippen LogP contribution in [0.4, 0.5) is 5.69 Å². The predicted molar refractivity (Wildman–Crippen MR) is 78.3 cm³/mol. The zero-order valence-corrected chi connectivity index (χ0v) is 12.3. The van der Waals surface area contributed by atoms with Crippen molar-refractivity contribution < 1.29 is 9.53 Å². The van der Waals surface area contributed by atoms with Crippen LogP contribution in [0, 0.1) is 0 Å². The van der Waals surface area contributed by atoms with Crippen LogP contribution in [0.1, 0.15) is 6.92 Å². The Morgan fingerprint density at radius 3 is 2.53 bits per heavy atom. The van der Waals surface area contributed by atoms with Gasteiger partial charge in [0.15, 0.2) is 11.6 Å². The summed E-state index contributed by atoms with van der Waals surface area (Å²) in [4.78, 5) is 13.6. The number of carbonyl (C=O) groups excluding carboxylic acids is 1. The minimum absolute atomic E-state index is 0.0495. The second-order valence-electron chi connectivity index (χ2n) is 4.21. The van der Waals surface area contributed by atoms with Crippen molar-refractivity contribution in [2.75, 3.05) is 31.7 Å². The Balaban J connectivity index is 2.07. The fraction of sp³-hybridized carbons (Fsp3) is 0.385. The van der Waals surface area contributed by atoms with E-state index in [1.54, 1.807) is 0 Å². The lowest BCUT2D eigenvalue weighted by molar-refractivity contribution is -0.112. The second-order valence-corrected chi connectivity index (χ2v) is 5.13. The number of ether oxygens (including phenoxy) is 1. The van der Waals surface area contributed by atoms with E-state index in [0.29, 0.717) is 32.1 Å². The van der Waals surface area contributed by atoms with Crippen LogP contribution in [-0.2, 0) is 9.53 Å². The molecule has 2 rings (SSSR count). The van der Waals surface area contributed by atoms with Crippen molar-refractivity contribution in [2.24, 2.45) is 5.10 Å². The fourth-order valence-electron chi connectivity index (χ4n) is 1.79. The van der Waals surface area contributed by atoms with Crippen LogP contribution >= 0.6 is 15.9 Å². The first-order chi connectivity index (χ1) is 9.16. The minimum Gasteiger partial charge on any atom is -0.378 e. The van der Waals surface area contributed by atoms with Gasteiger partial charge in [0.05, 0.1) is 18.9 Å². The van der Waals surface area contributed by atoms with Crippen LogP contribution in [0.2, 0.25) is 0 Å². The van der Waals surface area contributed by atoms with Crippen molar-refractivity contribution in [2.45, 2.75) is 6.92 Å². The Bertz CT molecular complexity index is 467. The molecule has 0 aromatic heterocycles. The number of carbonyl (C=O) groups is 1. The first-order valence-electron chi connectivity index (χ1n) is 6.10. The fourth-order valence-corrected chi connectivity index (χ4v) is 2.05. The van der Waals surface area contributed by atoms with Crippen LogP contribution in [0.25, 0.3) is 0 Å². The number of hydrogen-bond donors (Lipinski definition) is 1. The standard InChI is InChI=1S/C13H16BrN3O2/c1-10(18)13(17-6-8-19-9-7-17)16-15-12-4-2-11(14)3-5-12/h2-5,15H,6-9H2,1H3. The predicted octanol–water partition coefficient (Wildman–Crippen LogP) is 2.10. The van der Waals surface area contributed by atoms with E-state index in [1.165, 1.54) is 6.92 Å². The molecule has 0 spiro atoms.